The van der Waals surface area contributed by atoms with E-state index in [0.717, 1.165) is 10.0 Å². The highest BCUT2D eigenvalue weighted by Gasteiger charge is 2.12. The lowest BCUT2D eigenvalue weighted by Crippen LogP contribution is -2.14. The van der Waals surface area contributed by atoms with Crippen molar-refractivity contribution in [3.63, 3.8) is 0 Å². The fraction of sp³-hybridized carbons (Fsp3) is 0.136. The van der Waals surface area contributed by atoms with E-state index in [1.807, 2.05) is 43.3 Å². The van der Waals surface area contributed by atoms with E-state index >= 15 is 0 Å². The Bertz CT molecular complexity index is 1220. The molecule has 0 radical (unpaired) electrons. The first-order valence-corrected chi connectivity index (χ1v) is 10.8. The van der Waals surface area contributed by atoms with Crippen LogP contribution in [0.5, 0.6) is 11.5 Å². The van der Waals surface area contributed by atoms with Crippen LogP contribution in [0, 0.1) is 6.92 Å². The summed E-state index contributed by atoms with van der Waals surface area (Å²) in [6.45, 7) is 2.29. The number of benzene rings is 2. The van der Waals surface area contributed by atoms with Crippen LogP contribution in [-0.4, -0.2) is 25.5 Å². The highest BCUT2D eigenvalue weighted by Crippen LogP contribution is 2.25. The number of rotatable bonds is 8. The standard InChI is InChI=1S/C22H19BrClN5O3/c1-15-2-7-19(24)21(10-15)32-13-28-9-8-20(27-28)22(30)26-17-11-25-29(12-17)14-31-18-5-3-16(23)4-6-18/h2-12H,13-14H2,1H3,(H,26,30). The van der Waals surface area contributed by atoms with Crippen LogP contribution < -0.4 is 14.8 Å². The van der Waals surface area contributed by atoms with Gasteiger partial charge in [-0.2, -0.15) is 10.2 Å². The zero-order valence-electron chi connectivity index (χ0n) is 17.0. The third kappa shape index (κ3) is 5.68. The summed E-state index contributed by atoms with van der Waals surface area (Å²) < 4.78 is 15.4. The average Bonchev–Trinajstić information content (AvgIpc) is 3.43. The summed E-state index contributed by atoms with van der Waals surface area (Å²) in [4.78, 5) is 12.5. The number of hydrogen-bond acceptors (Lipinski definition) is 5. The zero-order valence-corrected chi connectivity index (χ0v) is 19.4. The number of carbonyl (C=O) groups excluding carboxylic acids is 1. The first kappa shape index (κ1) is 21.9. The van der Waals surface area contributed by atoms with Crippen LogP contribution in [0.25, 0.3) is 0 Å². The predicted molar refractivity (Wildman–Crippen MR) is 124 cm³/mol. The number of halogens is 2. The van der Waals surface area contributed by atoms with E-state index in [9.17, 15) is 4.79 Å². The topological polar surface area (TPSA) is 83.2 Å². The first-order valence-electron chi connectivity index (χ1n) is 9.61. The lowest BCUT2D eigenvalue weighted by molar-refractivity contribution is 0.102. The fourth-order valence-corrected chi connectivity index (χ4v) is 3.21. The largest absolute Gasteiger partial charge is 0.471 e. The maximum atomic E-state index is 12.5. The van der Waals surface area contributed by atoms with Gasteiger partial charge >= 0.3 is 0 Å². The summed E-state index contributed by atoms with van der Waals surface area (Å²) in [5, 5.41) is 11.7. The van der Waals surface area contributed by atoms with Crippen molar-refractivity contribution in [2.75, 3.05) is 5.32 Å². The Kier molecular flexibility index (Phi) is 6.77. The zero-order chi connectivity index (χ0) is 22.5. The molecule has 0 fully saturated rings. The van der Waals surface area contributed by atoms with Gasteiger partial charge in [-0.15, -0.1) is 0 Å². The molecule has 1 N–H and O–H groups in total. The summed E-state index contributed by atoms with van der Waals surface area (Å²) in [6.07, 6.45) is 4.88. The van der Waals surface area contributed by atoms with Gasteiger partial charge in [0.25, 0.3) is 5.91 Å². The van der Waals surface area contributed by atoms with Gasteiger partial charge in [0.05, 0.1) is 23.1 Å². The Morgan fingerprint density at radius 2 is 1.88 bits per heavy atom. The van der Waals surface area contributed by atoms with Gasteiger partial charge in [-0.3, -0.25) is 4.79 Å². The minimum absolute atomic E-state index is 0.127. The number of ether oxygens (including phenoxy) is 2. The molecule has 0 saturated carbocycles. The second kappa shape index (κ2) is 9.88. The molecule has 2 heterocycles. The van der Waals surface area contributed by atoms with Crippen LogP contribution in [0.15, 0.2) is 71.6 Å². The summed E-state index contributed by atoms with van der Waals surface area (Å²) >= 11 is 9.52. The Morgan fingerprint density at radius 3 is 2.69 bits per heavy atom. The molecule has 0 aliphatic heterocycles. The molecule has 8 nitrogen and oxygen atoms in total. The summed E-state index contributed by atoms with van der Waals surface area (Å²) in [6, 6.07) is 14.6. The lowest BCUT2D eigenvalue weighted by atomic mass is 10.2. The predicted octanol–water partition coefficient (Wildman–Crippen LogP) is 5.13. The number of carbonyl (C=O) groups is 1. The van der Waals surface area contributed by atoms with Gasteiger partial charge in [-0.25, -0.2) is 9.36 Å². The van der Waals surface area contributed by atoms with Gasteiger partial charge in [0.1, 0.15) is 11.5 Å². The Morgan fingerprint density at radius 1 is 1.09 bits per heavy atom. The number of aromatic nitrogens is 4. The SMILES string of the molecule is Cc1ccc(Cl)c(OCn2ccc(C(=O)Nc3cnn(COc4ccc(Br)cc4)c3)n2)c1. The van der Waals surface area contributed by atoms with Crippen molar-refractivity contribution in [3.8, 4) is 11.5 Å². The summed E-state index contributed by atoms with van der Waals surface area (Å²) in [5.41, 5.74) is 1.82. The normalized spacial score (nSPS) is 10.7. The van der Waals surface area contributed by atoms with Gasteiger partial charge in [-0.1, -0.05) is 33.6 Å². The molecule has 0 atom stereocenters. The molecule has 2 aromatic heterocycles. The first-order chi connectivity index (χ1) is 15.5. The van der Waals surface area contributed by atoms with E-state index < -0.39 is 0 Å². The van der Waals surface area contributed by atoms with Crippen LogP contribution in [0.1, 0.15) is 16.1 Å². The maximum absolute atomic E-state index is 12.5. The van der Waals surface area contributed by atoms with E-state index in [4.69, 9.17) is 21.1 Å². The van der Waals surface area contributed by atoms with Crippen molar-refractivity contribution in [3.05, 3.63) is 87.9 Å². The number of anilines is 1. The van der Waals surface area contributed by atoms with Crippen LogP contribution in [0.2, 0.25) is 5.02 Å². The quantitative estimate of drug-likeness (QED) is 0.351. The molecule has 0 bridgehead atoms. The van der Waals surface area contributed by atoms with Crippen molar-refractivity contribution in [2.45, 2.75) is 20.4 Å². The van der Waals surface area contributed by atoms with Crippen molar-refractivity contribution in [1.29, 1.82) is 0 Å². The Labute approximate surface area is 197 Å². The van der Waals surface area contributed by atoms with Gasteiger partial charge < -0.3 is 14.8 Å². The fourth-order valence-electron chi connectivity index (χ4n) is 2.78. The highest BCUT2D eigenvalue weighted by atomic mass is 79.9. The van der Waals surface area contributed by atoms with Crippen molar-refractivity contribution in [2.24, 2.45) is 0 Å². The van der Waals surface area contributed by atoms with E-state index in [2.05, 4.69) is 31.4 Å². The summed E-state index contributed by atoms with van der Waals surface area (Å²) in [7, 11) is 0. The monoisotopic (exact) mass is 515 g/mol. The van der Waals surface area contributed by atoms with Gasteiger partial charge in [-0.05, 0) is 55.0 Å². The Balaban J connectivity index is 1.30. The average molecular weight is 517 g/mol. The molecule has 0 saturated heterocycles. The number of nitrogens with zero attached hydrogens (tertiary/aromatic N) is 4. The Hall–Kier alpha value is -3.30. The van der Waals surface area contributed by atoms with Gasteiger partial charge in [0.15, 0.2) is 19.2 Å². The number of hydrogen-bond donors (Lipinski definition) is 1. The van der Waals surface area contributed by atoms with Crippen molar-refractivity contribution < 1.29 is 14.3 Å². The molecule has 164 valence electrons. The van der Waals surface area contributed by atoms with Crippen LogP contribution in [0.4, 0.5) is 5.69 Å². The van der Waals surface area contributed by atoms with Crippen LogP contribution in [-0.2, 0) is 13.5 Å². The number of aryl methyl sites for hydroxylation is 1. The van der Waals surface area contributed by atoms with E-state index in [1.165, 1.54) is 4.68 Å². The van der Waals surface area contributed by atoms with Gasteiger partial charge in [0.2, 0.25) is 0 Å². The second-order valence-corrected chi connectivity index (χ2v) is 8.22. The molecule has 4 rings (SSSR count). The molecule has 0 aliphatic rings. The van der Waals surface area contributed by atoms with Crippen LogP contribution in [0.3, 0.4) is 0 Å². The van der Waals surface area contributed by atoms with Gasteiger partial charge in [0, 0.05) is 10.7 Å². The molecule has 0 aliphatic carbocycles. The minimum atomic E-state index is -0.356. The molecule has 2 aromatic carbocycles. The van der Waals surface area contributed by atoms with E-state index in [0.29, 0.717) is 22.2 Å². The molecular formula is C22H19BrClN5O3. The van der Waals surface area contributed by atoms with Crippen molar-refractivity contribution >= 4 is 39.1 Å². The van der Waals surface area contributed by atoms with E-state index in [-0.39, 0.29) is 25.1 Å². The van der Waals surface area contributed by atoms with Crippen LogP contribution >= 0.6 is 27.5 Å². The maximum Gasteiger partial charge on any atom is 0.276 e. The minimum Gasteiger partial charge on any atom is -0.471 e. The molecule has 4 aromatic rings. The lowest BCUT2D eigenvalue weighted by Gasteiger charge is -2.08. The molecular weight excluding hydrogens is 498 g/mol. The number of amides is 1. The molecule has 0 spiro atoms. The van der Waals surface area contributed by atoms with Crippen molar-refractivity contribution in [1.82, 2.24) is 19.6 Å². The third-order valence-corrected chi connectivity index (χ3v) is 5.22. The second-order valence-electron chi connectivity index (χ2n) is 6.90. The van der Waals surface area contributed by atoms with E-state index in [1.54, 1.807) is 35.4 Å². The molecule has 1 amide bonds. The molecule has 10 heteroatoms. The number of nitrogens with one attached hydrogen (secondary N) is 1. The smallest absolute Gasteiger partial charge is 0.276 e. The highest BCUT2D eigenvalue weighted by molar-refractivity contribution is 9.10. The molecule has 32 heavy (non-hydrogen) atoms. The third-order valence-electron chi connectivity index (χ3n) is 4.38. The molecule has 0 unspecified atom stereocenters. The summed E-state index contributed by atoms with van der Waals surface area (Å²) in [5.74, 6) is 0.922.